The number of carbonyl (C=O) groups excluding carboxylic acids is 2. The summed E-state index contributed by atoms with van der Waals surface area (Å²) in [5.41, 5.74) is 33.4. The second-order valence-electron chi connectivity index (χ2n) is 22.0. The van der Waals surface area contributed by atoms with Gasteiger partial charge in [-0.2, -0.15) is 0 Å². The van der Waals surface area contributed by atoms with Gasteiger partial charge in [-0.25, -0.2) is 49.4 Å². The molecule has 9 aromatic rings. The monoisotopic (exact) mass is 1460 g/mol. The zero-order valence-electron chi connectivity index (χ0n) is 56.9. The Kier molecular flexibility index (Phi) is 31.2. The van der Waals surface area contributed by atoms with Crippen LogP contribution >= 0.6 is 0 Å². The van der Waals surface area contributed by atoms with E-state index >= 15 is 0 Å². The number of benzene rings is 9. The Balaban J connectivity index is 0.000000240. The molecular formula is C74H83N11O15S3. The fraction of sp³-hybridized carbons (Fsp3) is 0.176. The number of anilines is 1. The summed E-state index contributed by atoms with van der Waals surface area (Å²) in [6.07, 6.45) is -0.800. The molecule has 0 aliphatic rings. The second-order valence-corrected chi connectivity index (χ2v) is 27.1. The van der Waals surface area contributed by atoms with Gasteiger partial charge < -0.3 is 62.8 Å². The van der Waals surface area contributed by atoms with E-state index in [9.17, 15) is 44.7 Å². The number of rotatable bonds is 31. The lowest BCUT2D eigenvalue weighted by molar-refractivity contribution is -0.142. The van der Waals surface area contributed by atoms with Crippen LogP contribution in [0.2, 0.25) is 0 Å². The Morgan fingerprint density at radius 2 is 0.728 bits per heavy atom. The van der Waals surface area contributed by atoms with Crippen molar-refractivity contribution >= 4 is 77.0 Å². The largest absolute Gasteiger partial charge is 0.489 e. The van der Waals surface area contributed by atoms with Gasteiger partial charge in [0, 0.05) is 5.69 Å². The third kappa shape index (κ3) is 27.5. The van der Waals surface area contributed by atoms with Crippen molar-refractivity contribution in [2.45, 2.75) is 85.7 Å². The molecule has 9 aromatic carbocycles. The molecule has 3 atom stereocenters. The van der Waals surface area contributed by atoms with Crippen molar-refractivity contribution in [2.75, 3.05) is 19.5 Å². The molecular weight excluding hydrogens is 1380 g/mol. The van der Waals surface area contributed by atoms with Crippen molar-refractivity contribution in [2.24, 2.45) is 38.7 Å². The molecule has 3 unspecified atom stereocenters. The average Bonchev–Trinajstić information content (AvgIpc) is 0.830. The Morgan fingerprint density at radius 1 is 0.417 bits per heavy atom. The number of esters is 2. The van der Waals surface area contributed by atoms with E-state index in [0.717, 1.165) is 22.4 Å². The van der Waals surface area contributed by atoms with E-state index < -0.39 is 72.5 Å². The molecule has 29 heteroatoms. The number of nitrogens with two attached hydrogens (primary N) is 5. The molecule has 0 amide bonds. The van der Waals surface area contributed by atoms with Crippen molar-refractivity contribution in [1.82, 2.24) is 14.2 Å². The fourth-order valence-electron chi connectivity index (χ4n) is 9.54. The van der Waals surface area contributed by atoms with Gasteiger partial charge in [0.1, 0.15) is 37.1 Å². The Hall–Kier alpha value is -11.6. The molecule has 26 nitrogen and oxygen atoms in total. The maximum atomic E-state index is 12.9. The molecule has 0 radical (unpaired) electrons. The maximum absolute atomic E-state index is 12.9. The number of aliphatic imine (C=N–C) groups is 2. The van der Waals surface area contributed by atoms with Crippen LogP contribution in [0.5, 0.6) is 17.2 Å². The predicted octanol–water partition coefficient (Wildman–Crippen LogP) is 10.1. The molecule has 0 bridgehead atoms. The third-order valence-corrected chi connectivity index (χ3v) is 18.7. The lowest BCUT2D eigenvalue weighted by Gasteiger charge is -2.19. The van der Waals surface area contributed by atoms with E-state index in [-0.39, 0.29) is 59.3 Å². The van der Waals surface area contributed by atoms with Gasteiger partial charge in [-0.1, -0.05) is 148 Å². The van der Waals surface area contributed by atoms with Gasteiger partial charge in [0.05, 0.1) is 83.5 Å². The van der Waals surface area contributed by atoms with Gasteiger partial charge in [0.15, 0.2) is 11.9 Å². The highest BCUT2D eigenvalue weighted by Crippen LogP contribution is 2.30. The van der Waals surface area contributed by atoms with Crippen LogP contribution in [0.4, 0.5) is 17.1 Å². The van der Waals surface area contributed by atoms with Crippen LogP contribution in [0.25, 0.3) is 0 Å². The van der Waals surface area contributed by atoms with E-state index in [1.54, 1.807) is 158 Å². The van der Waals surface area contributed by atoms with Gasteiger partial charge in [-0.3, -0.25) is 14.4 Å². The van der Waals surface area contributed by atoms with E-state index in [2.05, 4.69) is 36.0 Å². The Bertz CT molecular complexity index is 4690. The maximum Gasteiger partial charge on any atom is 0.307 e. The minimum Gasteiger partial charge on any atom is -0.489 e. The molecule has 0 aliphatic heterocycles. The number of ether oxygens (including phenoxy) is 5. The summed E-state index contributed by atoms with van der Waals surface area (Å²) in [7, 11) is -9.16. The minimum absolute atomic E-state index is 0.0413. The van der Waals surface area contributed by atoms with Crippen LogP contribution in [0.1, 0.15) is 84.6 Å². The Morgan fingerprint density at radius 3 is 1.04 bits per heavy atom. The summed E-state index contributed by atoms with van der Waals surface area (Å²) in [6, 6.07) is 63.3. The topological polar surface area (TPSA) is 423 Å². The van der Waals surface area contributed by atoms with Crippen molar-refractivity contribution in [3.05, 3.63) is 282 Å². The number of hydrogen-bond acceptors (Lipinski definition) is 18. The molecule has 0 spiro atoms. The summed E-state index contributed by atoms with van der Waals surface area (Å²) in [4.78, 5) is 43.7. The molecule has 0 heterocycles. The predicted molar refractivity (Wildman–Crippen MR) is 395 cm³/mol. The van der Waals surface area contributed by atoms with Gasteiger partial charge in [-0.05, 0) is 143 Å². The van der Waals surface area contributed by atoms with Crippen LogP contribution in [0.15, 0.2) is 274 Å². The number of carboxylic acids is 1. The number of carboxylic acid groups (broad SMARTS) is 1. The van der Waals surface area contributed by atoms with Crippen LogP contribution in [0, 0.1) is 0 Å². The molecule has 0 saturated heterocycles. The summed E-state index contributed by atoms with van der Waals surface area (Å²) in [6.45, 7) is 8.33. The van der Waals surface area contributed by atoms with Crippen LogP contribution < -0.4 is 62.4 Å². The van der Waals surface area contributed by atoms with E-state index in [1.165, 1.54) is 50.6 Å². The van der Waals surface area contributed by atoms with Crippen molar-refractivity contribution in [3.63, 3.8) is 0 Å². The normalized spacial score (nSPS) is 11.8. The first-order chi connectivity index (χ1) is 49.3. The lowest BCUT2D eigenvalue weighted by Crippen LogP contribution is -2.30. The van der Waals surface area contributed by atoms with Gasteiger partial charge in [0.2, 0.25) is 30.1 Å². The minimum atomic E-state index is -3.92. The van der Waals surface area contributed by atoms with E-state index in [0.29, 0.717) is 51.1 Å². The number of hydrogen-bond donors (Lipinski definition) is 10. The summed E-state index contributed by atoms with van der Waals surface area (Å²) < 4.78 is 112. The standard InChI is InChI=1S/C25H27N3O5S.C24H26N4O5S.C23H24N4O5S.C2H6/c1-18(26)27-21-10-6-8-19(14-21)17-33-22-11-7-9-20(15-22)24(16-25(29)32-2)28-34(30,31)23-12-4-3-5-13-23;1-32-23(29)15-22(28-34(30,31)21-11-3-2-4-12-21)18-8-6-10-20(14-18)33-16-17-7-5-9-19(13-17)27-24(25)26;24-23(25)26-18-8-4-6-16(12-18)15-32-19-9-5-7-17(13-19)21(14-22(28)29)27-33(30,31)20-10-2-1-3-11-20;1-2/h3-15,24,27-28H,1,16-17,26H2,2H3;2-14,22,28H,15-16H2,1H3,(H4,25,26,27);1-13,21,27H,14-15H2,(H,28,29)(H4,24,25,26);1-2H3. The van der Waals surface area contributed by atoms with E-state index in [4.69, 9.17) is 52.4 Å². The average molecular weight is 1460 g/mol. The number of guanidine groups is 2. The SMILES string of the molecule is C=C(N)Nc1cccc(COc2cccc(C(CC(=O)OC)NS(=O)(=O)c3ccccc3)c2)c1.CC.COC(=O)CC(NS(=O)(=O)c1ccccc1)c1cccc(OCc2cccc(N=C(N)N)c2)c1.NC(N)=Nc1cccc(COc2cccc(C(CC(=O)O)NS(=O)(=O)c3ccccc3)c2)c1. The van der Waals surface area contributed by atoms with Gasteiger partial charge in [-0.15, -0.1) is 0 Å². The first-order valence-electron chi connectivity index (χ1n) is 31.7. The number of nitrogens with zero attached hydrogens (tertiary/aromatic N) is 2. The molecule has 0 saturated carbocycles. The number of nitrogens with one attached hydrogen (secondary N) is 4. The molecule has 0 aliphatic carbocycles. The Labute approximate surface area is 599 Å². The zero-order valence-corrected chi connectivity index (χ0v) is 59.3. The first kappa shape index (κ1) is 80.4. The van der Waals surface area contributed by atoms with Crippen LogP contribution in [-0.2, 0) is 73.7 Å². The lowest BCUT2D eigenvalue weighted by atomic mass is 10.0. The first-order valence-corrected chi connectivity index (χ1v) is 36.1. The molecule has 0 aromatic heterocycles. The molecule has 15 N–H and O–H groups in total. The van der Waals surface area contributed by atoms with E-state index in [1.807, 2.05) is 56.3 Å². The van der Waals surface area contributed by atoms with Crippen molar-refractivity contribution in [3.8, 4) is 17.2 Å². The van der Waals surface area contributed by atoms with Gasteiger partial charge >= 0.3 is 17.9 Å². The zero-order chi connectivity index (χ0) is 75.0. The quantitative estimate of drug-likeness (QED) is 0.0110. The smallest absolute Gasteiger partial charge is 0.307 e. The van der Waals surface area contributed by atoms with Crippen LogP contribution in [-0.4, -0.2) is 74.4 Å². The number of sulfonamides is 3. The summed E-state index contributed by atoms with van der Waals surface area (Å²) in [5.74, 6) is -0.524. The number of carbonyl (C=O) groups is 3. The fourth-order valence-corrected chi connectivity index (χ4v) is 13.3. The van der Waals surface area contributed by atoms with Gasteiger partial charge in [0.25, 0.3) is 0 Å². The third-order valence-electron chi connectivity index (χ3n) is 14.2. The molecule has 542 valence electrons. The highest BCUT2D eigenvalue weighted by molar-refractivity contribution is 7.90. The number of aliphatic carboxylic acids is 1. The van der Waals surface area contributed by atoms with Crippen molar-refractivity contribution < 1.29 is 68.4 Å². The molecule has 0 fully saturated rings. The van der Waals surface area contributed by atoms with Crippen LogP contribution in [0.3, 0.4) is 0 Å². The highest BCUT2D eigenvalue weighted by Gasteiger charge is 2.28. The number of methoxy groups -OCH3 is 2. The highest BCUT2D eigenvalue weighted by atomic mass is 32.2. The van der Waals surface area contributed by atoms with Crippen molar-refractivity contribution in [1.29, 1.82) is 0 Å². The molecule has 9 rings (SSSR count). The second kappa shape index (κ2) is 40.0. The summed E-state index contributed by atoms with van der Waals surface area (Å²) >= 11 is 0. The molecule has 103 heavy (non-hydrogen) atoms. The summed E-state index contributed by atoms with van der Waals surface area (Å²) in [5, 5.41) is 12.3.